The first-order valence-corrected chi connectivity index (χ1v) is 7.47. The number of Topliss-reactive ketones (excluding diaryl/α,β-unsaturated/α-hetero) is 1. The molecule has 1 rings (SSSR count). The summed E-state index contributed by atoms with van der Waals surface area (Å²) in [7, 11) is 0. The van der Waals surface area contributed by atoms with E-state index in [1.807, 2.05) is 0 Å². The minimum absolute atomic E-state index is 0.104. The molecule has 0 saturated carbocycles. The number of hydrogen-bond acceptors (Lipinski definition) is 5. The molecule has 0 aliphatic rings. The number of hydrogen-bond donors (Lipinski definition) is 2. The van der Waals surface area contributed by atoms with Crippen molar-refractivity contribution in [1.82, 2.24) is 4.90 Å². The van der Waals surface area contributed by atoms with Gasteiger partial charge in [0.2, 0.25) is 11.8 Å². The van der Waals surface area contributed by atoms with Crippen LogP contribution in [0.3, 0.4) is 0 Å². The van der Waals surface area contributed by atoms with Crippen molar-refractivity contribution in [2.45, 2.75) is 0 Å². The Balaban J connectivity index is 2.78. The van der Waals surface area contributed by atoms with Gasteiger partial charge in [-0.2, -0.15) is 0 Å². The third kappa shape index (κ3) is 5.39. The number of primary amides is 2. The van der Waals surface area contributed by atoms with Crippen molar-refractivity contribution in [1.29, 1.82) is 0 Å². The SMILES string of the molecule is NC(=O)CN(CC(N)=O)CC(=O)c1cc(Br)sc1Br. The largest absolute Gasteiger partial charge is 0.369 e. The summed E-state index contributed by atoms with van der Waals surface area (Å²) in [6.07, 6.45) is 0. The zero-order valence-corrected chi connectivity index (χ0v) is 13.7. The summed E-state index contributed by atoms with van der Waals surface area (Å²) in [5.74, 6) is -1.48. The van der Waals surface area contributed by atoms with Crippen molar-refractivity contribution >= 4 is 60.8 Å². The van der Waals surface area contributed by atoms with Gasteiger partial charge in [0.05, 0.1) is 27.2 Å². The van der Waals surface area contributed by atoms with Crippen LogP contribution in [0.2, 0.25) is 0 Å². The molecule has 0 aliphatic heterocycles. The smallest absolute Gasteiger partial charge is 0.231 e. The number of ketones is 1. The average Bonchev–Trinajstić information content (AvgIpc) is 2.55. The van der Waals surface area contributed by atoms with E-state index in [4.69, 9.17) is 11.5 Å². The molecular weight excluding hydrogens is 402 g/mol. The van der Waals surface area contributed by atoms with Crippen molar-refractivity contribution in [2.24, 2.45) is 11.5 Å². The second-order valence-corrected chi connectivity index (χ2v) is 7.49. The first kappa shape index (κ1) is 16.3. The monoisotopic (exact) mass is 411 g/mol. The zero-order chi connectivity index (χ0) is 14.6. The molecule has 4 N–H and O–H groups in total. The maximum atomic E-state index is 12.1. The molecule has 0 radical (unpaired) electrons. The average molecular weight is 413 g/mol. The molecule has 9 heteroatoms. The number of thiophene rings is 1. The fourth-order valence-electron chi connectivity index (χ4n) is 1.43. The molecule has 0 aliphatic carbocycles. The standard InChI is InChI=1S/C10H11Br2N3O3S/c11-7-1-5(10(12)19-7)6(16)2-15(3-8(13)17)4-9(14)18/h1H,2-4H2,(H2,13,17)(H2,14,18). The van der Waals surface area contributed by atoms with E-state index in [2.05, 4.69) is 31.9 Å². The number of amides is 2. The summed E-state index contributed by atoms with van der Waals surface area (Å²) in [5.41, 5.74) is 10.6. The maximum absolute atomic E-state index is 12.1. The minimum Gasteiger partial charge on any atom is -0.369 e. The molecule has 1 heterocycles. The Morgan fingerprint density at radius 3 is 2.00 bits per heavy atom. The molecule has 1 aromatic rings. The number of nitrogens with zero attached hydrogens (tertiary/aromatic N) is 1. The summed E-state index contributed by atoms with van der Waals surface area (Å²) in [6, 6.07) is 1.67. The minimum atomic E-state index is -0.625. The van der Waals surface area contributed by atoms with Crippen LogP contribution in [0.1, 0.15) is 10.4 Å². The Morgan fingerprint density at radius 2 is 1.63 bits per heavy atom. The van der Waals surface area contributed by atoms with E-state index >= 15 is 0 Å². The van der Waals surface area contributed by atoms with Crippen molar-refractivity contribution < 1.29 is 14.4 Å². The Hall–Kier alpha value is -0.770. The van der Waals surface area contributed by atoms with Crippen molar-refractivity contribution in [2.75, 3.05) is 19.6 Å². The third-order valence-corrected chi connectivity index (χ3v) is 4.42. The van der Waals surface area contributed by atoms with Gasteiger partial charge in [-0.3, -0.25) is 19.3 Å². The summed E-state index contributed by atoms with van der Waals surface area (Å²) >= 11 is 7.91. The van der Waals surface area contributed by atoms with Gasteiger partial charge >= 0.3 is 0 Å². The molecular formula is C10H11Br2N3O3S. The fourth-order valence-corrected chi connectivity index (χ4v) is 4.28. The molecule has 19 heavy (non-hydrogen) atoms. The van der Waals surface area contributed by atoms with Gasteiger partial charge in [0.25, 0.3) is 0 Å². The lowest BCUT2D eigenvalue weighted by atomic mass is 10.2. The lowest BCUT2D eigenvalue weighted by molar-refractivity contribution is -0.121. The summed E-state index contributed by atoms with van der Waals surface area (Å²) in [4.78, 5) is 35.1. The predicted molar refractivity (Wildman–Crippen MR) is 78.9 cm³/mol. The van der Waals surface area contributed by atoms with Crippen molar-refractivity contribution in [3.8, 4) is 0 Å². The molecule has 0 atom stereocenters. The van der Waals surface area contributed by atoms with Crippen LogP contribution >= 0.6 is 43.2 Å². The second-order valence-electron chi connectivity index (χ2n) is 3.74. The van der Waals surface area contributed by atoms with Crippen LogP contribution in [0.25, 0.3) is 0 Å². The van der Waals surface area contributed by atoms with E-state index in [0.717, 1.165) is 3.79 Å². The highest BCUT2D eigenvalue weighted by Crippen LogP contribution is 2.32. The van der Waals surface area contributed by atoms with E-state index in [1.165, 1.54) is 16.2 Å². The van der Waals surface area contributed by atoms with E-state index < -0.39 is 11.8 Å². The number of carbonyl (C=O) groups excluding carboxylic acids is 3. The van der Waals surface area contributed by atoms with Gasteiger partial charge in [-0.1, -0.05) is 0 Å². The summed E-state index contributed by atoms with van der Waals surface area (Å²) in [6.45, 7) is -0.497. The van der Waals surface area contributed by atoms with Crippen molar-refractivity contribution in [3.05, 3.63) is 19.2 Å². The number of halogens is 2. The van der Waals surface area contributed by atoms with Crippen molar-refractivity contribution in [3.63, 3.8) is 0 Å². The maximum Gasteiger partial charge on any atom is 0.231 e. The number of carbonyl (C=O) groups is 3. The number of nitrogens with two attached hydrogens (primary N) is 2. The topological polar surface area (TPSA) is 106 Å². The Bertz CT molecular complexity index is 502. The Kier molecular flexibility index (Phi) is 6.11. The van der Waals surface area contributed by atoms with E-state index in [1.54, 1.807) is 6.07 Å². The molecule has 2 amide bonds. The first-order valence-electron chi connectivity index (χ1n) is 5.06. The lowest BCUT2D eigenvalue weighted by Gasteiger charge is -2.17. The Morgan fingerprint density at radius 1 is 1.11 bits per heavy atom. The molecule has 104 valence electrons. The Labute approximate surface area is 130 Å². The molecule has 6 nitrogen and oxygen atoms in total. The highest BCUT2D eigenvalue weighted by Gasteiger charge is 2.19. The van der Waals surface area contributed by atoms with Gasteiger partial charge in [-0.25, -0.2) is 0 Å². The zero-order valence-electron chi connectivity index (χ0n) is 9.69. The van der Waals surface area contributed by atoms with E-state index in [-0.39, 0.29) is 25.4 Å². The van der Waals surface area contributed by atoms with Gasteiger partial charge in [0.1, 0.15) is 0 Å². The first-order chi connectivity index (χ1) is 8.79. The highest BCUT2D eigenvalue weighted by molar-refractivity contribution is 9.12. The molecule has 0 unspecified atom stereocenters. The highest BCUT2D eigenvalue weighted by atomic mass is 79.9. The van der Waals surface area contributed by atoms with Crippen LogP contribution in [0, 0.1) is 0 Å². The molecule has 0 fully saturated rings. The quantitative estimate of drug-likeness (QED) is 0.643. The van der Waals surface area contributed by atoms with E-state index in [0.29, 0.717) is 9.35 Å². The summed E-state index contributed by atoms with van der Waals surface area (Å²) < 4.78 is 1.49. The van der Waals surface area contributed by atoms with E-state index in [9.17, 15) is 14.4 Å². The van der Waals surface area contributed by atoms with Crippen LogP contribution in [-0.2, 0) is 9.59 Å². The fraction of sp³-hybridized carbons (Fsp3) is 0.300. The molecule has 0 spiro atoms. The molecule has 1 aromatic heterocycles. The van der Waals surface area contributed by atoms with Gasteiger partial charge in [0.15, 0.2) is 5.78 Å². The molecule has 0 saturated heterocycles. The van der Waals surface area contributed by atoms with Crippen LogP contribution < -0.4 is 11.5 Å². The van der Waals surface area contributed by atoms with Gasteiger partial charge < -0.3 is 11.5 Å². The molecule has 0 bridgehead atoms. The molecule has 0 aromatic carbocycles. The van der Waals surface area contributed by atoms with Crippen LogP contribution in [-0.4, -0.2) is 42.1 Å². The predicted octanol–water partition coefficient (Wildman–Crippen LogP) is 0.728. The van der Waals surface area contributed by atoms with Gasteiger partial charge in [-0.05, 0) is 37.9 Å². The lowest BCUT2D eigenvalue weighted by Crippen LogP contribution is -2.42. The van der Waals surface area contributed by atoms with Gasteiger partial charge in [-0.15, -0.1) is 11.3 Å². The normalized spacial score (nSPS) is 10.7. The second kappa shape index (κ2) is 7.13. The van der Waals surface area contributed by atoms with Crippen LogP contribution in [0.5, 0.6) is 0 Å². The van der Waals surface area contributed by atoms with Gasteiger partial charge in [0, 0.05) is 5.56 Å². The van der Waals surface area contributed by atoms with Crippen LogP contribution in [0.15, 0.2) is 13.6 Å². The number of rotatable bonds is 7. The third-order valence-electron chi connectivity index (χ3n) is 2.08. The van der Waals surface area contributed by atoms with Crippen LogP contribution in [0.4, 0.5) is 0 Å². The summed E-state index contributed by atoms with van der Waals surface area (Å²) in [5, 5.41) is 0.